The third-order valence-electron chi connectivity index (χ3n) is 5.74. The molecule has 2 heterocycles. The fourth-order valence-corrected chi connectivity index (χ4v) is 4.14. The van der Waals surface area contributed by atoms with E-state index in [1.54, 1.807) is 0 Å². The van der Waals surface area contributed by atoms with Gasteiger partial charge in [-0.3, -0.25) is 14.9 Å². The van der Waals surface area contributed by atoms with Crippen molar-refractivity contribution < 1.29 is 27.2 Å². The summed E-state index contributed by atoms with van der Waals surface area (Å²) in [6.07, 6.45) is -3.72. The highest BCUT2D eigenvalue weighted by Crippen LogP contribution is 2.34. The van der Waals surface area contributed by atoms with Crippen molar-refractivity contribution in [1.29, 1.82) is 0 Å². The summed E-state index contributed by atoms with van der Waals surface area (Å²) >= 11 is 0. The van der Waals surface area contributed by atoms with Gasteiger partial charge >= 0.3 is 6.18 Å². The molecule has 163 valence electrons. The van der Waals surface area contributed by atoms with Gasteiger partial charge in [0.2, 0.25) is 0 Å². The molecule has 31 heavy (non-hydrogen) atoms. The van der Waals surface area contributed by atoms with Gasteiger partial charge in [-0.1, -0.05) is 30.3 Å². The summed E-state index contributed by atoms with van der Waals surface area (Å²) in [5.41, 5.74) is -1.72. The van der Waals surface area contributed by atoms with Gasteiger partial charge in [-0.15, -0.1) is 0 Å². The highest BCUT2D eigenvalue weighted by molar-refractivity contribution is 5.96. The van der Waals surface area contributed by atoms with E-state index in [-0.39, 0.29) is 31.8 Å². The van der Waals surface area contributed by atoms with Crippen LogP contribution in [0.1, 0.15) is 34.3 Å². The van der Waals surface area contributed by atoms with Crippen LogP contribution in [0, 0.1) is 5.82 Å². The monoisotopic (exact) mass is 434 g/mol. The molecule has 1 radical (unpaired) electrons. The lowest BCUT2D eigenvalue weighted by Gasteiger charge is -2.38. The van der Waals surface area contributed by atoms with E-state index in [9.17, 15) is 27.2 Å². The van der Waals surface area contributed by atoms with Crippen molar-refractivity contribution in [2.24, 2.45) is 0 Å². The smallest absolute Gasteiger partial charge is 0.338 e. The summed E-state index contributed by atoms with van der Waals surface area (Å²) in [7, 11) is 0. The van der Waals surface area contributed by atoms with Crippen LogP contribution in [0.3, 0.4) is 0 Å². The Morgan fingerprint density at radius 1 is 1.13 bits per heavy atom. The third kappa shape index (κ3) is 4.41. The second kappa shape index (κ2) is 7.96. The van der Waals surface area contributed by atoms with Crippen molar-refractivity contribution in [3.8, 4) is 0 Å². The summed E-state index contributed by atoms with van der Waals surface area (Å²) in [5.74, 6) is -2.06. The molecule has 0 saturated carbocycles. The lowest BCUT2D eigenvalue weighted by molar-refractivity contribution is -0.138. The van der Waals surface area contributed by atoms with Crippen molar-refractivity contribution in [3.63, 3.8) is 0 Å². The van der Waals surface area contributed by atoms with Crippen molar-refractivity contribution in [2.75, 3.05) is 13.1 Å². The Morgan fingerprint density at radius 2 is 1.81 bits per heavy atom. The number of hydrogen-bond acceptors (Lipinski definition) is 3. The molecule has 2 amide bonds. The molecular weight excluding hydrogens is 414 g/mol. The number of piperidine rings is 1. The molecule has 1 N–H and O–H groups in total. The lowest BCUT2D eigenvalue weighted by atomic mass is 9.96. The first-order chi connectivity index (χ1) is 14.7. The summed E-state index contributed by atoms with van der Waals surface area (Å²) in [4.78, 5) is 26.4. The fourth-order valence-electron chi connectivity index (χ4n) is 4.14. The quantitative estimate of drug-likeness (QED) is 0.756. The van der Waals surface area contributed by atoms with Crippen molar-refractivity contribution in [2.45, 2.75) is 37.1 Å². The van der Waals surface area contributed by atoms with E-state index >= 15 is 0 Å². The highest BCUT2D eigenvalue weighted by Gasteiger charge is 2.48. The number of alkyl halides is 3. The number of rotatable bonds is 3. The molecule has 2 aliphatic rings. The summed E-state index contributed by atoms with van der Waals surface area (Å²) in [6, 6.07) is 10.9. The van der Waals surface area contributed by atoms with E-state index in [4.69, 9.17) is 0 Å². The Morgan fingerprint density at radius 3 is 2.45 bits per heavy atom. The number of nitrogens with zero attached hydrogens (tertiary/aromatic N) is 2. The molecule has 2 aromatic carbocycles. The second-order valence-corrected chi connectivity index (χ2v) is 7.85. The van der Waals surface area contributed by atoms with Gasteiger partial charge in [0.25, 0.3) is 11.8 Å². The van der Waals surface area contributed by atoms with E-state index in [2.05, 4.69) is 10.6 Å². The van der Waals surface area contributed by atoms with Gasteiger partial charge in [-0.2, -0.15) is 13.2 Å². The van der Waals surface area contributed by atoms with Crippen molar-refractivity contribution in [1.82, 2.24) is 15.5 Å². The van der Waals surface area contributed by atoms with E-state index in [1.165, 1.54) is 4.90 Å². The highest BCUT2D eigenvalue weighted by atomic mass is 19.4. The van der Waals surface area contributed by atoms with E-state index < -0.39 is 40.7 Å². The zero-order valence-corrected chi connectivity index (χ0v) is 16.5. The van der Waals surface area contributed by atoms with Crippen molar-refractivity contribution >= 4 is 11.8 Å². The Balaban J connectivity index is 1.44. The van der Waals surface area contributed by atoms with Crippen LogP contribution in [0.5, 0.6) is 0 Å². The molecule has 0 aromatic heterocycles. The molecule has 2 saturated heterocycles. The average Bonchev–Trinajstić information content (AvgIpc) is 3.02. The molecule has 2 aromatic rings. The maximum atomic E-state index is 13.6. The predicted octanol–water partition coefficient (Wildman–Crippen LogP) is 3.12. The van der Waals surface area contributed by atoms with Gasteiger partial charge in [0.15, 0.2) is 0 Å². The maximum Gasteiger partial charge on any atom is 0.417 e. The van der Waals surface area contributed by atoms with Crippen LogP contribution in [-0.4, -0.2) is 41.5 Å². The fraction of sp³-hybridized carbons (Fsp3) is 0.364. The molecule has 0 bridgehead atoms. The molecule has 2 aliphatic heterocycles. The van der Waals surface area contributed by atoms with E-state index in [1.807, 2.05) is 30.3 Å². The van der Waals surface area contributed by atoms with Crippen LogP contribution >= 0.6 is 0 Å². The van der Waals surface area contributed by atoms with Gasteiger partial charge in [-0.05, 0) is 30.2 Å². The minimum atomic E-state index is -4.77. The second-order valence-electron chi connectivity index (χ2n) is 7.85. The lowest BCUT2D eigenvalue weighted by Crippen LogP contribution is -2.56. The molecule has 0 aliphatic carbocycles. The first-order valence-electron chi connectivity index (χ1n) is 9.91. The molecule has 9 heteroatoms. The van der Waals surface area contributed by atoms with Gasteiger partial charge < -0.3 is 4.90 Å². The minimum absolute atomic E-state index is 0.106. The zero-order chi connectivity index (χ0) is 22.2. The summed E-state index contributed by atoms with van der Waals surface area (Å²) < 4.78 is 53.3. The van der Waals surface area contributed by atoms with Gasteiger partial charge in [0, 0.05) is 25.9 Å². The molecule has 1 atom stereocenters. The Kier molecular flexibility index (Phi) is 5.47. The predicted molar refractivity (Wildman–Crippen MR) is 103 cm³/mol. The summed E-state index contributed by atoms with van der Waals surface area (Å²) in [6.45, 7) is 0.211. The standard InChI is InChI=1S/C22H20F4N3O2/c23-15-6-7-17(22(24,25)26)16(13-15)20(31)29-10-8-21(9-11-29)27-18(19(30)28-21)12-14-4-2-1-3-5-14/h1-7,13,18,27H,8-12H2. The Bertz CT molecular complexity index is 986. The van der Waals surface area contributed by atoms with Crippen molar-refractivity contribution in [3.05, 3.63) is 71.0 Å². The minimum Gasteiger partial charge on any atom is -0.338 e. The Hall–Kier alpha value is -2.94. The molecule has 2 fully saturated rings. The van der Waals surface area contributed by atoms with Crippen LogP contribution in [0.2, 0.25) is 0 Å². The number of halogens is 4. The molecular formula is C22H20F4N3O2. The molecule has 4 rings (SSSR count). The normalized spacial score (nSPS) is 20.7. The maximum absolute atomic E-state index is 13.6. The number of likely N-dealkylation sites (tertiary alicyclic amines) is 1. The SMILES string of the molecule is O=C1[N]C2(CCN(C(=O)c3cc(F)ccc3C(F)(F)F)CC2)NC1Cc1ccccc1. The first-order valence-corrected chi connectivity index (χ1v) is 9.91. The topological polar surface area (TPSA) is 63.5 Å². The van der Waals surface area contributed by atoms with Gasteiger partial charge in [0.1, 0.15) is 11.5 Å². The number of benzene rings is 2. The van der Waals surface area contributed by atoms with E-state index in [0.717, 1.165) is 5.56 Å². The van der Waals surface area contributed by atoms with Crippen LogP contribution in [-0.2, 0) is 17.4 Å². The van der Waals surface area contributed by atoms with E-state index in [0.29, 0.717) is 24.6 Å². The Labute approximate surface area is 176 Å². The largest absolute Gasteiger partial charge is 0.417 e. The van der Waals surface area contributed by atoms with Crippen LogP contribution in [0.4, 0.5) is 17.6 Å². The zero-order valence-electron chi connectivity index (χ0n) is 16.5. The van der Waals surface area contributed by atoms with Crippen LogP contribution in [0.15, 0.2) is 48.5 Å². The van der Waals surface area contributed by atoms with Crippen LogP contribution < -0.4 is 10.6 Å². The number of amides is 2. The van der Waals surface area contributed by atoms with Crippen LogP contribution in [0.25, 0.3) is 0 Å². The molecule has 1 spiro atoms. The van der Waals surface area contributed by atoms with Gasteiger partial charge in [0.05, 0.1) is 17.2 Å². The van der Waals surface area contributed by atoms with Gasteiger partial charge in [-0.25, -0.2) is 9.71 Å². The number of carbonyl (C=O) groups is 2. The number of carbonyl (C=O) groups excluding carboxylic acids is 2. The summed E-state index contributed by atoms with van der Waals surface area (Å²) in [5, 5.41) is 7.52. The third-order valence-corrected chi connectivity index (χ3v) is 5.74. The molecule has 1 unspecified atom stereocenters. The average molecular weight is 434 g/mol. The number of nitrogens with one attached hydrogen (secondary N) is 1. The number of hydrogen-bond donors (Lipinski definition) is 1. The molecule has 5 nitrogen and oxygen atoms in total. The first kappa shape index (κ1) is 21.3.